The zero-order valence-electron chi connectivity index (χ0n) is 17.3. The zero-order chi connectivity index (χ0) is 19.8. The van der Waals surface area contributed by atoms with Crippen LogP contribution in [-0.4, -0.2) is 88.7 Å². The summed E-state index contributed by atoms with van der Waals surface area (Å²) in [5.74, 6) is 0.776. The van der Waals surface area contributed by atoms with Gasteiger partial charge >= 0.3 is 0 Å². The number of aryl methyl sites for hydroxylation is 1. The van der Waals surface area contributed by atoms with Crippen LogP contribution in [0.4, 0.5) is 5.69 Å². The van der Waals surface area contributed by atoms with E-state index in [0.717, 1.165) is 32.1 Å². The van der Waals surface area contributed by atoms with Crippen LogP contribution in [0.1, 0.15) is 11.1 Å². The van der Waals surface area contributed by atoms with Gasteiger partial charge in [0.15, 0.2) is 5.96 Å². The van der Waals surface area contributed by atoms with Gasteiger partial charge in [-0.05, 0) is 31.0 Å². The molecule has 1 saturated heterocycles. The highest BCUT2D eigenvalue weighted by molar-refractivity contribution is 5.85. The Morgan fingerprint density at radius 1 is 1.22 bits per heavy atom. The van der Waals surface area contributed by atoms with Crippen LogP contribution in [0.5, 0.6) is 0 Å². The number of aliphatic imine (C=N–C) groups is 1. The lowest BCUT2D eigenvalue weighted by Gasteiger charge is -2.38. The summed E-state index contributed by atoms with van der Waals surface area (Å²) in [5, 5.41) is 3.32. The molecule has 1 N–H and O–H groups in total. The second kappa shape index (κ2) is 10.2. The van der Waals surface area contributed by atoms with Gasteiger partial charge in [-0.3, -0.25) is 4.79 Å². The first-order chi connectivity index (χ1) is 12.9. The van der Waals surface area contributed by atoms with Crippen LogP contribution < -0.4 is 10.2 Å². The predicted octanol–water partition coefficient (Wildman–Crippen LogP) is 1.11. The number of rotatable bonds is 6. The lowest BCUT2D eigenvalue weighted by Crippen LogP contribution is -2.53. The fourth-order valence-electron chi connectivity index (χ4n) is 3.05. The molecule has 7 nitrogen and oxygen atoms in total. The van der Waals surface area contributed by atoms with Crippen molar-refractivity contribution in [1.82, 2.24) is 15.1 Å². The van der Waals surface area contributed by atoms with E-state index in [1.54, 1.807) is 26.1 Å². The number of piperazine rings is 1. The molecule has 27 heavy (non-hydrogen) atoms. The minimum absolute atomic E-state index is 0.00457. The summed E-state index contributed by atoms with van der Waals surface area (Å²) < 4.78 is 5.12. The van der Waals surface area contributed by atoms with E-state index in [9.17, 15) is 4.79 Å². The lowest BCUT2D eigenvalue weighted by molar-refractivity contribution is -0.127. The van der Waals surface area contributed by atoms with Crippen molar-refractivity contribution in [1.29, 1.82) is 0 Å². The van der Waals surface area contributed by atoms with Gasteiger partial charge in [0.05, 0.1) is 6.61 Å². The second-order valence-corrected chi connectivity index (χ2v) is 7.04. The standard InChI is InChI=1S/C20H33N5O2/c1-16-7-6-8-18(17(16)2)24-10-12-25(13-11-24)20(21-9-14-27-5)22-15-19(26)23(3)4/h6-8H,9-15H2,1-5H3,(H,21,22). The Hall–Kier alpha value is -2.28. The normalized spacial score (nSPS) is 15.1. The summed E-state index contributed by atoms with van der Waals surface area (Å²) in [6.07, 6.45) is 0. The molecule has 0 bridgehead atoms. The first-order valence-electron chi connectivity index (χ1n) is 9.47. The maximum absolute atomic E-state index is 11.9. The van der Waals surface area contributed by atoms with Crippen LogP contribution in [0.3, 0.4) is 0 Å². The third-order valence-electron chi connectivity index (χ3n) is 4.95. The van der Waals surface area contributed by atoms with Crippen molar-refractivity contribution in [2.45, 2.75) is 13.8 Å². The SMILES string of the molecule is COCCNC(=NCC(=O)N(C)C)N1CCN(c2cccc(C)c2C)CC1. The molecule has 2 rings (SSSR count). The molecule has 0 unspecified atom stereocenters. The van der Waals surface area contributed by atoms with E-state index in [1.165, 1.54) is 16.8 Å². The van der Waals surface area contributed by atoms with Gasteiger partial charge in [0, 0.05) is 59.6 Å². The number of carbonyl (C=O) groups excluding carboxylic acids is 1. The number of guanidine groups is 1. The van der Waals surface area contributed by atoms with Crippen molar-refractivity contribution in [3.8, 4) is 0 Å². The number of benzene rings is 1. The van der Waals surface area contributed by atoms with Crippen molar-refractivity contribution in [3.63, 3.8) is 0 Å². The van der Waals surface area contributed by atoms with E-state index < -0.39 is 0 Å². The van der Waals surface area contributed by atoms with Crippen molar-refractivity contribution in [3.05, 3.63) is 29.3 Å². The van der Waals surface area contributed by atoms with Gasteiger partial charge in [-0.1, -0.05) is 12.1 Å². The summed E-state index contributed by atoms with van der Waals surface area (Å²) >= 11 is 0. The summed E-state index contributed by atoms with van der Waals surface area (Å²) in [6.45, 7) is 9.34. The van der Waals surface area contributed by atoms with Gasteiger partial charge in [-0.15, -0.1) is 0 Å². The molecule has 0 spiro atoms. The number of nitrogens with one attached hydrogen (secondary N) is 1. The van der Waals surface area contributed by atoms with E-state index in [2.05, 4.69) is 52.2 Å². The number of ether oxygens (including phenoxy) is 1. The molecule has 1 aliphatic heterocycles. The highest BCUT2D eigenvalue weighted by Gasteiger charge is 2.21. The molecule has 1 aromatic carbocycles. The first-order valence-corrected chi connectivity index (χ1v) is 9.47. The van der Waals surface area contributed by atoms with Crippen molar-refractivity contribution in [2.24, 2.45) is 4.99 Å². The zero-order valence-corrected chi connectivity index (χ0v) is 17.3. The van der Waals surface area contributed by atoms with E-state index in [0.29, 0.717) is 13.2 Å². The second-order valence-electron chi connectivity index (χ2n) is 7.04. The van der Waals surface area contributed by atoms with Crippen LogP contribution in [0.25, 0.3) is 0 Å². The predicted molar refractivity (Wildman–Crippen MR) is 111 cm³/mol. The van der Waals surface area contributed by atoms with Gasteiger partial charge in [0.1, 0.15) is 6.54 Å². The summed E-state index contributed by atoms with van der Waals surface area (Å²) in [7, 11) is 5.18. The molecule has 1 heterocycles. The summed E-state index contributed by atoms with van der Waals surface area (Å²) in [4.78, 5) is 22.7. The van der Waals surface area contributed by atoms with Gasteiger partial charge in [-0.2, -0.15) is 0 Å². The molecule has 7 heteroatoms. The van der Waals surface area contributed by atoms with Gasteiger partial charge < -0.3 is 24.8 Å². The Morgan fingerprint density at radius 2 is 1.93 bits per heavy atom. The van der Waals surface area contributed by atoms with Crippen LogP contribution in [0, 0.1) is 13.8 Å². The minimum Gasteiger partial charge on any atom is -0.383 e. The number of likely N-dealkylation sites (N-methyl/N-ethyl adjacent to an activating group) is 1. The molecule has 0 atom stereocenters. The van der Waals surface area contributed by atoms with Gasteiger partial charge in [0.2, 0.25) is 5.91 Å². The minimum atomic E-state index is -0.00457. The smallest absolute Gasteiger partial charge is 0.243 e. The maximum Gasteiger partial charge on any atom is 0.243 e. The van der Waals surface area contributed by atoms with Crippen LogP contribution in [0.15, 0.2) is 23.2 Å². The van der Waals surface area contributed by atoms with E-state index in [-0.39, 0.29) is 12.5 Å². The molecule has 0 saturated carbocycles. The maximum atomic E-state index is 11.9. The Labute approximate surface area is 163 Å². The van der Waals surface area contributed by atoms with Gasteiger partial charge in [-0.25, -0.2) is 4.99 Å². The lowest BCUT2D eigenvalue weighted by atomic mass is 10.1. The largest absolute Gasteiger partial charge is 0.383 e. The molecule has 0 aliphatic carbocycles. The molecule has 1 amide bonds. The van der Waals surface area contributed by atoms with Crippen LogP contribution in [-0.2, 0) is 9.53 Å². The third-order valence-corrected chi connectivity index (χ3v) is 4.95. The molecular formula is C20H33N5O2. The van der Waals surface area contributed by atoms with Crippen molar-refractivity contribution in [2.75, 3.05) is 72.0 Å². The molecular weight excluding hydrogens is 342 g/mol. The Bertz CT molecular complexity index is 652. The third kappa shape index (κ3) is 5.85. The number of methoxy groups -OCH3 is 1. The fraction of sp³-hybridized carbons (Fsp3) is 0.600. The molecule has 150 valence electrons. The van der Waals surface area contributed by atoms with Crippen LogP contribution >= 0.6 is 0 Å². The Balaban J connectivity index is 2.02. The molecule has 0 radical (unpaired) electrons. The summed E-state index contributed by atoms with van der Waals surface area (Å²) in [5.41, 5.74) is 3.97. The molecule has 0 aromatic heterocycles. The number of hydrogen-bond donors (Lipinski definition) is 1. The van der Waals surface area contributed by atoms with E-state index in [1.807, 2.05) is 0 Å². The summed E-state index contributed by atoms with van der Waals surface area (Å²) in [6, 6.07) is 6.47. The Kier molecular flexibility index (Phi) is 7.91. The van der Waals surface area contributed by atoms with Gasteiger partial charge in [0.25, 0.3) is 0 Å². The number of hydrogen-bond acceptors (Lipinski definition) is 4. The fourth-order valence-corrected chi connectivity index (χ4v) is 3.05. The monoisotopic (exact) mass is 375 g/mol. The average molecular weight is 376 g/mol. The van der Waals surface area contributed by atoms with E-state index in [4.69, 9.17) is 4.74 Å². The van der Waals surface area contributed by atoms with Crippen molar-refractivity contribution >= 4 is 17.6 Å². The molecule has 1 fully saturated rings. The highest BCUT2D eigenvalue weighted by atomic mass is 16.5. The average Bonchev–Trinajstić information content (AvgIpc) is 2.66. The quantitative estimate of drug-likeness (QED) is 0.458. The first kappa shape index (κ1) is 21.0. The Morgan fingerprint density at radius 3 is 2.56 bits per heavy atom. The number of carbonyl (C=O) groups is 1. The number of anilines is 1. The molecule has 1 aromatic rings. The molecule has 1 aliphatic rings. The highest BCUT2D eigenvalue weighted by Crippen LogP contribution is 2.23. The van der Waals surface area contributed by atoms with Crippen molar-refractivity contribution < 1.29 is 9.53 Å². The number of amides is 1. The topological polar surface area (TPSA) is 60.4 Å². The van der Waals surface area contributed by atoms with E-state index >= 15 is 0 Å². The van der Waals surface area contributed by atoms with Crippen LogP contribution in [0.2, 0.25) is 0 Å². The number of nitrogens with zero attached hydrogens (tertiary/aromatic N) is 4.